The molecule has 1 amide bonds. The van der Waals surface area contributed by atoms with Crippen molar-refractivity contribution >= 4 is 17.8 Å². The number of carbonyl (C=O) groups is 2. The number of carbonyl (C=O) groups excluding carboxylic acids is 1. The molecule has 1 atom stereocenters. The maximum Gasteiger partial charge on any atom is 0.326 e. The highest BCUT2D eigenvalue weighted by Crippen LogP contribution is 2.08. The van der Waals surface area contributed by atoms with Crippen LogP contribution < -0.4 is 16.8 Å². The van der Waals surface area contributed by atoms with E-state index < -0.39 is 12.0 Å². The van der Waals surface area contributed by atoms with Crippen LogP contribution in [-0.2, 0) is 9.59 Å². The number of carboxylic acids is 1. The average Bonchev–Trinajstić information content (AvgIpc) is 2.69. The van der Waals surface area contributed by atoms with Gasteiger partial charge in [0, 0.05) is 13.0 Å². The molecule has 7 nitrogen and oxygen atoms in total. The van der Waals surface area contributed by atoms with Gasteiger partial charge in [-0.25, -0.2) is 4.79 Å². The van der Waals surface area contributed by atoms with Crippen LogP contribution in [0.25, 0.3) is 0 Å². The summed E-state index contributed by atoms with van der Waals surface area (Å²) < 4.78 is 0. The van der Waals surface area contributed by atoms with Crippen LogP contribution in [-0.4, -0.2) is 35.5 Å². The lowest BCUT2D eigenvalue weighted by molar-refractivity contribution is -0.142. The van der Waals surface area contributed by atoms with E-state index in [0.29, 0.717) is 6.42 Å². The van der Waals surface area contributed by atoms with E-state index in [4.69, 9.17) is 16.6 Å². The second kappa shape index (κ2) is 20.0. The van der Waals surface area contributed by atoms with Crippen molar-refractivity contribution in [2.45, 2.75) is 96.4 Å². The number of amides is 1. The van der Waals surface area contributed by atoms with E-state index in [9.17, 15) is 9.59 Å². The summed E-state index contributed by atoms with van der Waals surface area (Å²) in [5, 5.41) is 11.7. The molecule has 0 aromatic heterocycles. The van der Waals surface area contributed by atoms with E-state index in [-0.39, 0.29) is 24.8 Å². The number of carboxylic acid groups (broad SMARTS) is 1. The Morgan fingerprint density at radius 2 is 1.53 bits per heavy atom. The van der Waals surface area contributed by atoms with Crippen LogP contribution in [0.2, 0.25) is 0 Å². The van der Waals surface area contributed by atoms with Crippen LogP contribution in [0.3, 0.4) is 0 Å². The quantitative estimate of drug-likeness (QED) is 0.108. The molecule has 172 valence electrons. The third kappa shape index (κ3) is 19.0. The SMILES string of the molecule is CCCCC/C=C/C/C=C/CCCCCCCC(=O)N[C@@H](CCN=C(N)N)C(=O)O. The van der Waals surface area contributed by atoms with Crippen LogP contribution in [0.15, 0.2) is 29.3 Å². The number of aliphatic carboxylic acids is 1. The van der Waals surface area contributed by atoms with Gasteiger partial charge in [0.05, 0.1) is 0 Å². The van der Waals surface area contributed by atoms with Crippen molar-refractivity contribution in [3.8, 4) is 0 Å². The van der Waals surface area contributed by atoms with E-state index in [2.05, 4.69) is 41.5 Å². The molecule has 30 heavy (non-hydrogen) atoms. The zero-order chi connectivity index (χ0) is 22.5. The number of hydrogen-bond acceptors (Lipinski definition) is 3. The summed E-state index contributed by atoms with van der Waals surface area (Å²) in [4.78, 5) is 26.9. The monoisotopic (exact) mass is 422 g/mol. The summed E-state index contributed by atoms with van der Waals surface area (Å²) in [7, 11) is 0. The molecule has 0 rings (SSSR count). The zero-order valence-corrected chi connectivity index (χ0v) is 18.7. The Morgan fingerprint density at radius 3 is 2.13 bits per heavy atom. The van der Waals surface area contributed by atoms with Crippen molar-refractivity contribution in [3.05, 3.63) is 24.3 Å². The summed E-state index contributed by atoms with van der Waals surface area (Å²) in [6.45, 7) is 2.39. The topological polar surface area (TPSA) is 131 Å². The van der Waals surface area contributed by atoms with Crippen molar-refractivity contribution in [2.24, 2.45) is 16.5 Å². The first-order valence-corrected chi connectivity index (χ1v) is 11.3. The van der Waals surface area contributed by atoms with E-state index in [0.717, 1.165) is 44.9 Å². The van der Waals surface area contributed by atoms with E-state index >= 15 is 0 Å². The normalized spacial score (nSPS) is 12.3. The summed E-state index contributed by atoms with van der Waals surface area (Å²) in [6.07, 6.45) is 21.8. The van der Waals surface area contributed by atoms with Crippen LogP contribution in [0.4, 0.5) is 0 Å². The van der Waals surface area contributed by atoms with Crippen molar-refractivity contribution in [2.75, 3.05) is 6.54 Å². The standard InChI is InChI=1S/C23H42N4O3/c1-2-3-4-5-6-7-8-9-10-11-12-13-14-15-16-17-21(28)27-20(22(29)30)18-19-26-23(24)25/h6-7,9-10,20H,2-5,8,11-19H2,1H3,(H,27,28)(H,29,30)(H4,24,25,26)/b7-6+,10-9+/t20-/m0/s1. The first-order valence-electron chi connectivity index (χ1n) is 11.3. The van der Waals surface area contributed by atoms with E-state index in [1.165, 1.54) is 25.7 Å². The summed E-state index contributed by atoms with van der Waals surface area (Å²) in [5.74, 6) is -1.40. The summed E-state index contributed by atoms with van der Waals surface area (Å²) in [5.41, 5.74) is 10.4. The van der Waals surface area contributed by atoms with Gasteiger partial charge in [0.1, 0.15) is 6.04 Å². The van der Waals surface area contributed by atoms with Gasteiger partial charge >= 0.3 is 5.97 Å². The van der Waals surface area contributed by atoms with Gasteiger partial charge < -0.3 is 21.9 Å². The highest BCUT2D eigenvalue weighted by molar-refractivity contribution is 5.83. The predicted octanol–water partition coefficient (Wildman–Crippen LogP) is 4.03. The lowest BCUT2D eigenvalue weighted by atomic mass is 10.1. The predicted molar refractivity (Wildman–Crippen MR) is 124 cm³/mol. The van der Waals surface area contributed by atoms with E-state index in [1.807, 2.05) is 0 Å². The van der Waals surface area contributed by atoms with Crippen LogP contribution in [0.5, 0.6) is 0 Å². The Hall–Kier alpha value is -2.31. The Labute approximate surface area is 182 Å². The molecule has 0 aliphatic heterocycles. The van der Waals surface area contributed by atoms with E-state index in [1.54, 1.807) is 0 Å². The number of rotatable bonds is 19. The smallest absolute Gasteiger partial charge is 0.326 e. The lowest BCUT2D eigenvalue weighted by Crippen LogP contribution is -2.41. The third-order valence-corrected chi connectivity index (χ3v) is 4.70. The van der Waals surface area contributed by atoms with Gasteiger partial charge in [-0.1, -0.05) is 63.3 Å². The fourth-order valence-corrected chi connectivity index (χ4v) is 2.94. The molecule has 0 bridgehead atoms. The maximum atomic E-state index is 11.9. The Morgan fingerprint density at radius 1 is 0.933 bits per heavy atom. The second-order valence-corrected chi connectivity index (χ2v) is 7.53. The fourth-order valence-electron chi connectivity index (χ4n) is 2.94. The molecule has 0 fully saturated rings. The van der Waals surface area contributed by atoms with Gasteiger partial charge in [0.25, 0.3) is 0 Å². The van der Waals surface area contributed by atoms with Gasteiger partial charge in [-0.05, 0) is 44.9 Å². The minimum absolute atomic E-state index is 0.0874. The molecular weight excluding hydrogens is 380 g/mol. The molecule has 0 spiro atoms. The number of nitrogens with zero attached hydrogens (tertiary/aromatic N) is 1. The van der Waals surface area contributed by atoms with Crippen LogP contribution >= 0.6 is 0 Å². The van der Waals surface area contributed by atoms with Gasteiger partial charge in [0.2, 0.25) is 5.91 Å². The number of hydrogen-bond donors (Lipinski definition) is 4. The number of nitrogens with one attached hydrogen (secondary N) is 1. The molecule has 0 aliphatic rings. The van der Waals surface area contributed by atoms with Crippen LogP contribution in [0, 0.1) is 0 Å². The third-order valence-electron chi connectivity index (χ3n) is 4.70. The Bertz CT molecular complexity index is 541. The lowest BCUT2D eigenvalue weighted by Gasteiger charge is -2.13. The van der Waals surface area contributed by atoms with Crippen molar-refractivity contribution in [1.29, 1.82) is 0 Å². The molecule has 6 N–H and O–H groups in total. The Kier molecular flexibility index (Phi) is 18.4. The molecule has 0 radical (unpaired) electrons. The molecule has 0 heterocycles. The minimum atomic E-state index is -1.07. The fraction of sp³-hybridized carbons (Fsp3) is 0.696. The van der Waals surface area contributed by atoms with Crippen molar-refractivity contribution in [1.82, 2.24) is 5.32 Å². The van der Waals surface area contributed by atoms with Crippen LogP contribution in [0.1, 0.15) is 90.4 Å². The molecule has 0 aromatic rings. The van der Waals surface area contributed by atoms with Gasteiger partial charge in [-0.3, -0.25) is 9.79 Å². The molecule has 0 aromatic carbocycles. The minimum Gasteiger partial charge on any atom is -0.480 e. The molecule has 0 aliphatic carbocycles. The van der Waals surface area contributed by atoms with Gasteiger partial charge in [-0.2, -0.15) is 0 Å². The zero-order valence-electron chi connectivity index (χ0n) is 18.7. The molecular formula is C23H42N4O3. The first kappa shape index (κ1) is 27.7. The number of aliphatic imine (C=N–C) groups is 1. The number of unbranched alkanes of at least 4 members (excludes halogenated alkanes) is 8. The van der Waals surface area contributed by atoms with Gasteiger partial charge in [-0.15, -0.1) is 0 Å². The highest BCUT2D eigenvalue weighted by atomic mass is 16.4. The van der Waals surface area contributed by atoms with Gasteiger partial charge in [0.15, 0.2) is 5.96 Å². The molecule has 0 saturated heterocycles. The Balaban J connectivity index is 3.66. The first-order chi connectivity index (χ1) is 14.5. The van der Waals surface area contributed by atoms with Crippen molar-refractivity contribution in [3.63, 3.8) is 0 Å². The second-order valence-electron chi connectivity index (χ2n) is 7.53. The average molecular weight is 423 g/mol. The largest absolute Gasteiger partial charge is 0.480 e. The number of guanidine groups is 1. The molecule has 0 saturated carbocycles. The summed E-state index contributed by atoms with van der Waals surface area (Å²) >= 11 is 0. The number of nitrogens with two attached hydrogens (primary N) is 2. The highest BCUT2D eigenvalue weighted by Gasteiger charge is 2.19. The van der Waals surface area contributed by atoms with Crippen molar-refractivity contribution < 1.29 is 14.7 Å². The molecule has 7 heteroatoms. The molecule has 0 unspecified atom stereocenters. The number of allylic oxidation sites excluding steroid dienone is 4. The summed E-state index contributed by atoms with van der Waals surface area (Å²) in [6, 6.07) is -0.960. The maximum absolute atomic E-state index is 11.9.